The molecule has 0 spiro atoms. The Balaban J connectivity index is 1.59. The Kier molecular flexibility index (Phi) is 4.90. The Hall–Kier alpha value is -2.67. The number of aromatic nitrogens is 2. The van der Waals surface area contributed by atoms with E-state index < -0.39 is 0 Å². The van der Waals surface area contributed by atoms with Gasteiger partial charge in [-0.3, -0.25) is 9.48 Å². The number of hydrogen-bond donors (Lipinski definition) is 1. The molecule has 0 aliphatic heterocycles. The normalized spacial score (nSPS) is 11.1. The first-order chi connectivity index (χ1) is 11.6. The molecular weight excluding hydrogens is 372 g/mol. The molecule has 3 aromatic rings. The molecule has 0 fully saturated rings. The molecule has 6 nitrogen and oxygen atoms in total. The third-order valence-corrected chi connectivity index (χ3v) is 3.78. The summed E-state index contributed by atoms with van der Waals surface area (Å²) in [7, 11) is 0. The Morgan fingerprint density at radius 1 is 1.29 bits per heavy atom. The van der Waals surface area contributed by atoms with E-state index in [1.165, 1.54) is 6.21 Å². The average molecular weight is 387 g/mol. The number of carbonyl (C=O) groups is 1. The second kappa shape index (κ2) is 7.27. The number of halogens is 1. The highest BCUT2D eigenvalue weighted by Crippen LogP contribution is 2.11. The highest BCUT2D eigenvalue weighted by Gasteiger charge is 2.08. The minimum atomic E-state index is -0.371. The number of nitrogens with zero attached hydrogens (tertiary/aromatic N) is 3. The second-order valence-corrected chi connectivity index (χ2v) is 6.09. The summed E-state index contributed by atoms with van der Waals surface area (Å²) in [5, 5.41) is 8.11. The fourth-order valence-corrected chi connectivity index (χ4v) is 2.35. The first-order valence-electron chi connectivity index (χ1n) is 7.28. The van der Waals surface area contributed by atoms with Gasteiger partial charge in [0.2, 0.25) is 0 Å². The Morgan fingerprint density at radius 3 is 2.79 bits per heavy atom. The van der Waals surface area contributed by atoms with Crippen molar-refractivity contribution in [1.29, 1.82) is 0 Å². The van der Waals surface area contributed by atoms with Crippen molar-refractivity contribution in [1.82, 2.24) is 15.2 Å². The van der Waals surface area contributed by atoms with Crippen LogP contribution >= 0.6 is 15.9 Å². The van der Waals surface area contributed by atoms with Crippen LogP contribution in [0.2, 0.25) is 0 Å². The summed E-state index contributed by atoms with van der Waals surface area (Å²) < 4.78 is 8.06. The third-order valence-electron chi connectivity index (χ3n) is 3.25. The van der Waals surface area contributed by atoms with Crippen LogP contribution in [0.15, 0.2) is 62.7 Å². The maximum atomic E-state index is 12.0. The van der Waals surface area contributed by atoms with Crippen LogP contribution in [0.4, 0.5) is 0 Å². The summed E-state index contributed by atoms with van der Waals surface area (Å²) in [5.41, 5.74) is 3.83. The average Bonchev–Trinajstić information content (AvgIpc) is 3.19. The van der Waals surface area contributed by atoms with Crippen molar-refractivity contribution in [3.8, 4) is 0 Å². The molecule has 0 saturated carbocycles. The zero-order valence-corrected chi connectivity index (χ0v) is 14.5. The molecule has 24 heavy (non-hydrogen) atoms. The molecule has 0 bridgehead atoms. The molecule has 2 aromatic heterocycles. The summed E-state index contributed by atoms with van der Waals surface area (Å²) in [4.78, 5) is 12.0. The molecule has 3 rings (SSSR count). The van der Waals surface area contributed by atoms with Crippen LogP contribution in [0, 0.1) is 6.92 Å². The van der Waals surface area contributed by atoms with E-state index in [-0.39, 0.29) is 5.91 Å². The molecular formula is C17H15BrN4O2. The lowest BCUT2D eigenvalue weighted by molar-refractivity contribution is 0.0949. The lowest BCUT2D eigenvalue weighted by Gasteiger charge is -2.02. The van der Waals surface area contributed by atoms with Crippen LogP contribution in [0.3, 0.4) is 0 Å². The number of carbonyl (C=O) groups excluding carboxylic acids is 1. The van der Waals surface area contributed by atoms with Crippen molar-refractivity contribution in [2.24, 2.45) is 5.10 Å². The van der Waals surface area contributed by atoms with Crippen LogP contribution in [-0.2, 0) is 6.54 Å². The number of hydrogen-bond acceptors (Lipinski definition) is 4. The fraction of sp³-hybridized carbons (Fsp3) is 0.118. The van der Waals surface area contributed by atoms with Gasteiger partial charge in [-0.1, -0.05) is 28.1 Å². The lowest BCUT2D eigenvalue weighted by atomic mass is 10.2. The summed E-state index contributed by atoms with van der Waals surface area (Å²) in [6.07, 6.45) is 3.21. The minimum absolute atomic E-state index is 0.305. The van der Waals surface area contributed by atoms with Gasteiger partial charge >= 0.3 is 0 Å². The summed E-state index contributed by atoms with van der Waals surface area (Å²) in [6.45, 7) is 2.43. The van der Waals surface area contributed by atoms with Crippen molar-refractivity contribution in [3.63, 3.8) is 0 Å². The maximum absolute atomic E-state index is 12.0. The topological polar surface area (TPSA) is 72.4 Å². The number of amides is 1. The summed E-state index contributed by atoms with van der Waals surface area (Å²) >= 11 is 3.40. The smallest absolute Gasteiger partial charge is 0.291 e. The van der Waals surface area contributed by atoms with Gasteiger partial charge in [-0.25, -0.2) is 5.43 Å². The van der Waals surface area contributed by atoms with E-state index in [4.69, 9.17) is 4.42 Å². The van der Waals surface area contributed by atoms with E-state index >= 15 is 0 Å². The molecule has 0 atom stereocenters. The molecule has 0 unspecified atom stereocenters. The molecule has 1 amide bonds. The van der Waals surface area contributed by atoms with Crippen LogP contribution in [0.25, 0.3) is 0 Å². The van der Waals surface area contributed by atoms with Crippen molar-refractivity contribution in [3.05, 3.63) is 75.9 Å². The molecule has 0 radical (unpaired) electrons. The van der Waals surface area contributed by atoms with Crippen molar-refractivity contribution in [2.75, 3.05) is 0 Å². The first kappa shape index (κ1) is 16.2. The van der Waals surface area contributed by atoms with Gasteiger partial charge in [0.25, 0.3) is 5.91 Å². The highest BCUT2D eigenvalue weighted by atomic mass is 79.9. The second-order valence-electron chi connectivity index (χ2n) is 5.17. The van der Waals surface area contributed by atoms with Gasteiger partial charge in [-0.2, -0.15) is 10.2 Å². The molecule has 7 heteroatoms. The van der Waals surface area contributed by atoms with E-state index in [0.717, 1.165) is 15.8 Å². The SMILES string of the molecule is Cc1ccc(/C=N/NC(=O)c2ccn(Cc3ccc(Br)cc3)n2)o1. The van der Waals surface area contributed by atoms with Crippen LogP contribution in [0.5, 0.6) is 0 Å². The predicted molar refractivity (Wildman–Crippen MR) is 94.0 cm³/mol. The third kappa shape index (κ3) is 4.20. The highest BCUT2D eigenvalue weighted by molar-refractivity contribution is 9.10. The minimum Gasteiger partial charge on any atom is -0.460 e. The molecule has 0 saturated heterocycles. The Bertz CT molecular complexity index is 865. The monoisotopic (exact) mass is 386 g/mol. The fourth-order valence-electron chi connectivity index (χ4n) is 2.08. The number of furan rings is 1. The van der Waals surface area contributed by atoms with E-state index in [1.54, 1.807) is 23.0 Å². The largest absolute Gasteiger partial charge is 0.460 e. The number of aryl methyl sites for hydroxylation is 1. The molecule has 0 aliphatic rings. The number of nitrogens with one attached hydrogen (secondary N) is 1. The quantitative estimate of drug-likeness (QED) is 0.539. The molecule has 1 N–H and O–H groups in total. The van der Waals surface area contributed by atoms with Gasteiger partial charge in [0.05, 0.1) is 12.8 Å². The van der Waals surface area contributed by atoms with Gasteiger partial charge in [-0.15, -0.1) is 0 Å². The van der Waals surface area contributed by atoms with Gasteiger partial charge in [-0.05, 0) is 42.8 Å². The van der Waals surface area contributed by atoms with Gasteiger partial charge in [0, 0.05) is 10.7 Å². The van der Waals surface area contributed by atoms with Gasteiger partial charge < -0.3 is 4.42 Å². The van der Waals surface area contributed by atoms with Crippen LogP contribution < -0.4 is 5.43 Å². The number of hydrazone groups is 1. The summed E-state index contributed by atoms with van der Waals surface area (Å²) in [6, 6.07) is 13.2. The molecule has 0 aliphatic carbocycles. The standard InChI is InChI=1S/C17H15BrN4O2/c1-12-2-7-15(24-12)10-19-20-17(23)16-8-9-22(21-16)11-13-3-5-14(18)6-4-13/h2-10H,11H2,1H3,(H,20,23)/b19-10+. The molecule has 2 heterocycles. The molecule has 1 aromatic carbocycles. The Morgan fingerprint density at radius 2 is 2.08 bits per heavy atom. The summed E-state index contributed by atoms with van der Waals surface area (Å²) in [5.74, 6) is 0.993. The van der Waals surface area contributed by atoms with E-state index in [0.29, 0.717) is 18.0 Å². The Labute approximate surface area is 147 Å². The number of benzene rings is 1. The van der Waals surface area contributed by atoms with E-state index in [9.17, 15) is 4.79 Å². The lowest BCUT2D eigenvalue weighted by Crippen LogP contribution is -2.18. The molecule has 122 valence electrons. The van der Waals surface area contributed by atoms with E-state index in [2.05, 4.69) is 31.6 Å². The predicted octanol–water partition coefficient (Wildman–Crippen LogP) is 3.36. The zero-order chi connectivity index (χ0) is 16.9. The van der Waals surface area contributed by atoms with Crippen molar-refractivity contribution in [2.45, 2.75) is 13.5 Å². The van der Waals surface area contributed by atoms with Crippen molar-refractivity contribution >= 4 is 28.1 Å². The first-order valence-corrected chi connectivity index (χ1v) is 8.07. The zero-order valence-electron chi connectivity index (χ0n) is 12.9. The maximum Gasteiger partial charge on any atom is 0.291 e. The van der Waals surface area contributed by atoms with Crippen LogP contribution in [0.1, 0.15) is 27.6 Å². The van der Waals surface area contributed by atoms with Crippen molar-refractivity contribution < 1.29 is 9.21 Å². The van der Waals surface area contributed by atoms with Gasteiger partial charge in [0.15, 0.2) is 5.69 Å². The van der Waals surface area contributed by atoms with Gasteiger partial charge in [0.1, 0.15) is 11.5 Å². The van der Waals surface area contributed by atoms with E-state index in [1.807, 2.05) is 37.3 Å². The number of rotatable bonds is 5. The van der Waals surface area contributed by atoms with Crippen LogP contribution in [-0.4, -0.2) is 21.9 Å².